The van der Waals surface area contributed by atoms with Gasteiger partial charge in [0.05, 0.1) is 11.4 Å². The van der Waals surface area contributed by atoms with Gasteiger partial charge < -0.3 is 9.32 Å². The Bertz CT molecular complexity index is 3090. The van der Waals surface area contributed by atoms with Gasteiger partial charge in [-0.25, -0.2) is 0 Å². The minimum absolute atomic E-state index is 0.0618. The van der Waals surface area contributed by atoms with Crippen molar-refractivity contribution in [2.75, 3.05) is 4.90 Å². The molecule has 0 fully saturated rings. The van der Waals surface area contributed by atoms with E-state index in [-0.39, 0.29) is 5.41 Å². The van der Waals surface area contributed by atoms with Crippen molar-refractivity contribution in [3.05, 3.63) is 212 Å². The second kappa shape index (κ2) is 14.4. The van der Waals surface area contributed by atoms with Gasteiger partial charge in [-0.15, -0.1) is 0 Å². The summed E-state index contributed by atoms with van der Waals surface area (Å²) in [6, 6.07) is 74.7. The van der Waals surface area contributed by atoms with Crippen molar-refractivity contribution in [2.45, 2.75) is 26.2 Å². The third-order valence-electron chi connectivity index (χ3n) is 11.4. The Morgan fingerprint density at radius 3 is 1.71 bits per heavy atom. The Labute approximate surface area is 340 Å². The number of hydrogen-bond donors (Lipinski definition) is 0. The normalized spacial score (nSPS) is 11.7. The van der Waals surface area contributed by atoms with Crippen LogP contribution in [-0.4, -0.2) is 0 Å². The lowest BCUT2D eigenvalue weighted by Crippen LogP contribution is -2.13. The minimum atomic E-state index is 0.0618. The van der Waals surface area contributed by atoms with Crippen molar-refractivity contribution < 1.29 is 4.42 Å². The molecule has 0 spiro atoms. The predicted molar refractivity (Wildman–Crippen MR) is 246 cm³/mol. The highest BCUT2D eigenvalue weighted by atomic mass is 16.3. The van der Waals surface area contributed by atoms with E-state index < -0.39 is 0 Å². The molecule has 1 heterocycles. The van der Waals surface area contributed by atoms with Crippen LogP contribution in [0, 0.1) is 0 Å². The smallest absolute Gasteiger partial charge is 0.135 e. The number of rotatable bonds is 7. The molecule has 0 aliphatic rings. The molecule has 278 valence electrons. The summed E-state index contributed by atoms with van der Waals surface area (Å²) in [7, 11) is 0. The maximum Gasteiger partial charge on any atom is 0.135 e. The molecule has 10 rings (SSSR count). The third kappa shape index (κ3) is 6.33. The highest BCUT2D eigenvalue weighted by Gasteiger charge is 2.23. The number of furan rings is 1. The molecule has 2 nitrogen and oxygen atoms in total. The molecule has 0 bridgehead atoms. The van der Waals surface area contributed by atoms with E-state index in [0.29, 0.717) is 0 Å². The largest absolute Gasteiger partial charge is 0.456 e. The molecule has 0 saturated heterocycles. The number of fused-ring (bicyclic) bond motifs is 4. The Balaban J connectivity index is 1.20. The molecule has 0 N–H and O–H groups in total. The molecule has 2 heteroatoms. The fourth-order valence-corrected chi connectivity index (χ4v) is 8.52. The third-order valence-corrected chi connectivity index (χ3v) is 11.4. The second-order valence-corrected chi connectivity index (χ2v) is 16.1. The summed E-state index contributed by atoms with van der Waals surface area (Å²) < 4.78 is 6.22. The van der Waals surface area contributed by atoms with Crippen LogP contribution in [0.1, 0.15) is 26.3 Å². The van der Waals surface area contributed by atoms with Gasteiger partial charge in [0.2, 0.25) is 0 Å². The molecule has 0 aliphatic carbocycles. The number of para-hydroxylation sites is 3. The molecule has 0 atom stereocenters. The summed E-state index contributed by atoms with van der Waals surface area (Å²) >= 11 is 0. The molecule has 58 heavy (non-hydrogen) atoms. The average molecular weight is 746 g/mol. The van der Waals surface area contributed by atoms with Crippen molar-refractivity contribution in [1.29, 1.82) is 0 Å². The Morgan fingerprint density at radius 1 is 0.379 bits per heavy atom. The second-order valence-electron chi connectivity index (χ2n) is 16.1. The van der Waals surface area contributed by atoms with Gasteiger partial charge in [0.1, 0.15) is 11.2 Å². The summed E-state index contributed by atoms with van der Waals surface area (Å²) in [5.41, 5.74) is 15.9. The molecular formula is C56H43NO. The maximum absolute atomic E-state index is 6.22. The summed E-state index contributed by atoms with van der Waals surface area (Å²) in [6.07, 6.45) is 0. The SMILES string of the molecule is CC(C)(C)c1ccc(-c2ccccc2N(c2cccc(-c3ccc4oc5ccccc5c4c3)c2)c2ccccc2-c2cccc3cccc(-c4ccccc4)c23)cc1. The first-order chi connectivity index (χ1) is 28.4. The average Bonchev–Trinajstić information content (AvgIpc) is 3.65. The van der Waals surface area contributed by atoms with Gasteiger partial charge in [-0.1, -0.05) is 185 Å². The zero-order valence-electron chi connectivity index (χ0n) is 33.0. The first-order valence-corrected chi connectivity index (χ1v) is 20.1. The van der Waals surface area contributed by atoms with E-state index in [0.717, 1.165) is 61.3 Å². The number of hydrogen-bond acceptors (Lipinski definition) is 2. The van der Waals surface area contributed by atoms with Crippen LogP contribution in [-0.2, 0) is 5.41 Å². The van der Waals surface area contributed by atoms with Crippen LogP contribution in [0.15, 0.2) is 211 Å². The molecule has 0 aliphatic heterocycles. The van der Waals surface area contributed by atoms with E-state index in [1.54, 1.807) is 0 Å². The molecule has 0 amide bonds. The molecule has 1 aromatic heterocycles. The van der Waals surface area contributed by atoms with Gasteiger partial charge in [-0.05, 0) is 97.6 Å². The lowest BCUT2D eigenvalue weighted by Gasteiger charge is -2.30. The highest BCUT2D eigenvalue weighted by molar-refractivity contribution is 6.09. The quantitative estimate of drug-likeness (QED) is 0.162. The van der Waals surface area contributed by atoms with Crippen LogP contribution in [0.2, 0.25) is 0 Å². The summed E-state index contributed by atoms with van der Waals surface area (Å²) in [5.74, 6) is 0. The zero-order valence-corrected chi connectivity index (χ0v) is 33.0. The van der Waals surface area contributed by atoms with Crippen molar-refractivity contribution in [3.8, 4) is 44.5 Å². The van der Waals surface area contributed by atoms with Gasteiger partial charge in [0, 0.05) is 27.6 Å². The summed E-state index contributed by atoms with van der Waals surface area (Å²) in [4.78, 5) is 2.46. The van der Waals surface area contributed by atoms with Crippen LogP contribution < -0.4 is 4.90 Å². The molecule has 0 radical (unpaired) electrons. The number of benzene rings is 9. The number of anilines is 3. The molecule has 0 saturated carbocycles. The van der Waals surface area contributed by atoms with E-state index in [9.17, 15) is 0 Å². The van der Waals surface area contributed by atoms with Gasteiger partial charge in [0.15, 0.2) is 0 Å². The minimum Gasteiger partial charge on any atom is -0.456 e. The molecule has 9 aromatic carbocycles. The molecule has 10 aromatic rings. The monoisotopic (exact) mass is 745 g/mol. The van der Waals surface area contributed by atoms with Crippen molar-refractivity contribution in [3.63, 3.8) is 0 Å². The van der Waals surface area contributed by atoms with Gasteiger partial charge >= 0.3 is 0 Å². The van der Waals surface area contributed by atoms with Gasteiger partial charge in [-0.3, -0.25) is 0 Å². The van der Waals surface area contributed by atoms with Crippen LogP contribution in [0.25, 0.3) is 77.2 Å². The first-order valence-electron chi connectivity index (χ1n) is 20.1. The van der Waals surface area contributed by atoms with Gasteiger partial charge in [0.25, 0.3) is 0 Å². The van der Waals surface area contributed by atoms with E-state index in [4.69, 9.17) is 4.42 Å². The lowest BCUT2D eigenvalue weighted by molar-refractivity contribution is 0.590. The Hall–Kier alpha value is -7.16. The fraction of sp³-hybridized carbons (Fsp3) is 0.0714. The van der Waals surface area contributed by atoms with E-state index in [2.05, 4.69) is 220 Å². The highest BCUT2D eigenvalue weighted by Crippen LogP contribution is 2.48. The maximum atomic E-state index is 6.22. The Morgan fingerprint density at radius 2 is 0.931 bits per heavy atom. The molecular weight excluding hydrogens is 703 g/mol. The van der Waals surface area contributed by atoms with Crippen molar-refractivity contribution >= 4 is 49.8 Å². The van der Waals surface area contributed by atoms with E-state index in [1.165, 1.54) is 38.6 Å². The van der Waals surface area contributed by atoms with Crippen LogP contribution in [0.5, 0.6) is 0 Å². The first kappa shape index (κ1) is 35.3. The lowest BCUT2D eigenvalue weighted by atomic mass is 9.86. The molecule has 0 unspecified atom stereocenters. The number of nitrogens with zero attached hydrogens (tertiary/aromatic N) is 1. The fourth-order valence-electron chi connectivity index (χ4n) is 8.52. The topological polar surface area (TPSA) is 16.4 Å². The van der Waals surface area contributed by atoms with Crippen molar-refractivity contribution in [1.82, 2.24) is 0 Å². The van der Waals surface area contributed by atoms with Crippen LogP contribution in [0.3, 0.4) is 0 Å². The van der Waals surface area contributed by atoms with Gasteiger partial charge in [-0.2, -0.15) is 0 Å². The van der Waals surface area contributed by atoms with Crippen LogP contribution >= 0.6 is 0 Å². The standard InChI is InChI=1S/C56H43NO/c1-56(2,3)43-33-30-39(31-34-43)45-22-7-10-27-51(45)57(44-21-13-20-41(36-44)42-32-35-54-50(37-42)48-24-9-12-29-53(48)58-54)52-28-11-8-23-47(52)49-26-15-19-40-18-14-25-46(55(40)49)38-16-5-4-6-17-38/h4-37H,1-3H3. The van der Waals surface area contributed by atoms with Crippen molar-refractivity contribution in [2.24, 2.45) is 0 Å². The predicted octanol–water partition coefficient (Wildman–Crippen LogP) is 16.2. The van der Waals surface area contributed by atoms with E-state index >= 15 is 0 Å². The van der Waals surface area contributed by atoms with E-state index in [1.807, 2.05) is 12.1 Å². The summed E-state index contributed by atoms with van der Waals surface area (Å²) in [5, 5.41) is 4.70. The summed E-state index contributed by atoms with van der Waals surface area (Å²) in [6.45, 7) is 6.81. The zero-order chi connectivity index (χ0) is 39.2. The van der Waals surface area contributed by atoms with Crippen LogP contribution in [0.4, 0.5) is 17.1 Å². The Kier molecular flexibility index (Phi) is 8.76.